The molecule has 0 bridgehead atoms. The number of carbonyl (C=O) groups is 1. The molecule has 2 rings (SSSR count). The van der Waals surface area contributed by atoms with Gasteiger partial charge >= 0.3 is 0 Å². The summed E-state index contributed by atoms with van der Waals surface area (Å²) < 4.78 is 4.69. The van der Waals surface area contributed by atoms with Gasteiger partial charge in [0.25, 0.3) is 0 Å². The third-order valence-electron chi connectivity index (χ3n) is 4.01. The van der Waals surface area contributed by atoms with Crippen molar-refractivity contribution in [1.29, 1.82) is 0 Å². The topological polar surface area (TPSA) is 38.3 Å². The number of Topliss-reactive ketones (excluding diaryl/α,β-unsaturated/α-hetero) is 1. The molecule has 2 fully saturated rings. The Morgan fingerprint density at radius 3 is 2.30 bits per heavy atom. The Balaban J connectivity index is 0.000000441. The third-order valence-corrected chi connectivity index (χ3v) is 4.01. The van der Waals surface area contributed by atoms with Gasteiger partial charge in [0, 0.05) is 26.2 Å². The Labute approximate surface area is 125 Å². The molecule has 1 N–H and O–H groups in total. The fourth-order valence-electron chi connectivity index (χ4n) is 3.01. The van der Waals surface area contributed by atoms with Gasteiger partial charge < -0.3 is 10.1 Å². The van der Waals surface area contributed by atoms with Gasteiger partial charge in [0.1, 0.15) is 5.78 Å². The van der Waals surface area contributed by atoms with Gasteiger partial charge in [0.05, 0.1) is 6.04 Å². The first kappa shape index (κ1) is 19.6. The number of nitrogens with one attached hydrogen (secondary N) is 1. The molecule has 20 heavy (non-hydrogen) atoms. The fraction of sp³-hybridized carbons (Fsp3) is 0.941. The van der Waals surface area contributed by atoms with Gasteiger partial charge in [-0.25, -0.2) is 0 Å². The molecule has 0 aromatic rings. The molecular weight excluding hydrogens is 250 g/mol. The number of ketones is 1. The van der Waals surface area contributed by atoms with Crippen LogP contribution in [-0.2, 0) is 9.53 Å². The lowest BCUT2D eigenvalue weighted by Crippen LogP contribution is -2.36. The standard InChI is InChI=1S/C11H19NO.C4H10O.C2H6/c1-2-11(13)10-7-8-5-3-4-6-9(8)12-10;1-3-4-5-2;1-2/h8-10,12H,2-7H2,1H3;3-4H2,1-2H3;1-2H3. The molecule has 1 aliphatic carbocycles. The minimum Gasteiger partial charge on any atom is -0.385 e. The Kier molecular flexibility index (Phi) is 12.1. The van der Waals surface area contributed by atoms with Crippen LogP contribution in [0.4, 0.5) is 0 Å². The van der Waals surface area contributed by atoms with Crippen LogP contribution < -0.4 is 5.32 Å². The quantitative estimate of drug-likeness (QED) is 0.850. The zero-order valence-corrected chi connectivity index (χ0v) is 14.2. The van der Waals surface area contributed by atoms with Gasteiger partial charge in [-0.15, -0.1) is 0 Å². The number of fused-ring (bicyclic) bond motifs is 1. The summed E-state index contributed by atoms with van der Waals surface area (Å²) >= 11 is 0. The Morgan fingerprint density at radius 1 is 1.20 bits per heavy atom. The van der Waals surface area contributed by atoms with Gasteiger partial charge in [-0.05, 0) is 31.6 Å². The normalized spacial score (nSPS) is 27.6. The van der Waals surface area contributed by atoms with Crippen molar-refractivity contribution in [3.05, 3.63) is 0 Å². The minimum absolute atomic E-state index is 0.193. The summed E-state index contributed by atoms with van der Waals surface area (Å²) in [4.78, 5) is 11.5. The first-order valence-corrected chi connectivity index (χ1v) is 8.50. The second kappa shape index (κ2) is 12.3. The number of rotatable bonds is 4. The van der Waals surface area contributed by atoms with Crippen molar-refractivity contribution >= 4 is 5.78 Å². The molecule has 2 aliphatic rings. The number of hydrogen-bond donors (Lipinski definition) is 1. The lowest BCUT2D eigenvalue weighted by Gasteiger charge is -2.24. The predicted octanol–water partition coefficient (Wildman–Crippen LogP) is 3.96. The Morgan fingerprint density at radius 2 is 1.85 bits per heavy atom. The predicted molar refractivity (Wildman–Crippen MR) is 86.1 cm³/mol. The molecule has 0 radical (unpaired) electrons. The molecule has 3 nitrogen and oxygen atoms in total. The fourth-order valence-corrected chi connectivity index (χ4v) is 3.01. The number of methoxy groups -OCH3 is 1. The minimum atomic E-state index is 0.193. The molecule has 1 saturated carbocycles. The Hall–Kier alpha value is -0.410. The molecule has 3 unspecified atom stereocenters. The van der Waals surface area contributed by atoms with Crippen molar-refractivity contribution in [3.8, 4) is 0 Å². The first-order valence-electron chi connectivity index (χ1n) is 8.50. The molecule has 120 valence electrons. The van der Waals surface area contributed by atoms with Crippen molar-refractivity contribution in [1.82, 2.24) is 5.32 Å². The van der Waals surface area contributed by atoms with E-state index < -0.39 is 0 Å². The highest BCUT2D eigenvalue weighted by Crippen LogP contribution is 2.33. The van der Waals surface area contributed by atoms with Crippen LogP contribution in [0.15, 0.2) is 0 Å². The summed E-state index contributed by atoms with van der Waals surface area (Å²) in [5, 5.41) is 3.49. The molecule has 0 aromatic heterocycles. The molecule has 1 aliphatic heterocycles. The molecule has 0 amide bonds. The zero-order chi connectivity index (χ0) is 15.4. The van der Waals surface area contributed by atoms with Crippen LogP contribution in [0, 0.1) is 5.92 Å². The van der Waals surface area contributed by atoms with E-state index in [0.717, 1.165) is 25.4 Å². The van der Waals surface area contributed by atoms with Gasteiger partial charge in [-0.3, -0.25) is 4.79 Å². The number of carbonyl (C=O) groups excluding carboxylic acids is 1. The smallest absolute Gasteiger partial charge is 0.149 e. The van der Waals surface area contributed by atoms with E-state index in [1.54, 1.807) is 7.11 Å². The maximum Gasteiger partial charge on any atom is 0.149 e. The number of hydrogen-bond acceptors (Lipinski definition) is 3. The monoisotopic (exact) mass is 285 g/mol. The summed E-state index contributed by atoms with van der Waals surface area (Å²) in [5.41, 5.74) is 0. The molecule has 0 spiro atoms. The van der Waals surface area contributed by atoms with Crippen LogP contribution in [0.5, 0.6) is 0 Å². The lowest BCUT2D eigenvalue weighted by atomic mass is 9.85. The van der Waals surface area contributed by atoms with E-state index in [1.165, 1.54) is 25.7 Å². The van der Waals surface area contributed by atoms with Crippen LogP contribution in [-0.4, -0.2) is 31.6 Å². The van der Waals surface area contributed by atoms with E-state index in [-0.39, 0.29) is 6.04 Å². The zero-order valence-electron chi connectivity index (χ0n) is 14.2. The lowest BCUT2D eigenvalue weighted by molar-refractivity contribution is -0.120. The second-order valence-electron chi connectivity index (χ2n) is 5.42. The molecule has 3 heteroatoms. The van der Waals surface area contributed by atoms with Crippen LogP contribution in [0.3, 0.4) is 0 Å². The van der Waals surface area contributed by atoms with Gasteiger partial charge in [0.15, 0.2) is 0 Å². The summed E-state index contributed by atoms with van der Waals surface area (Å²) in [6, 6.07) is 0.854. The number of ether oxygens (including phenoxy) is 1. The van der Waals surface area contributed by atoms with Crippen molar-refractivity contribution in [2.75, 3.05) is 13.7 Å². The SMILES string of the molecule is CC.CCC(=O)C1CC2CCCCC2N1.CCCOC. The van der Waals surface area contributed by atoms with E-state index in [2.05, 4.69) is 12.2 Å². The third kappa shape index (κ3) is 6.85. The maximum absolute atomic E-state index is 11.5. The van der Waals surface area contributed by atoms with Gasteiger partial charge in [-0.2, -0.15) is 0 Å². The van der Waals surface area contributed by atoms with Crippen molar-refractivity contribution in [3.63, 3.8) is 0 Å². The average molecular weight is 285 g/mol. The van der Waals surface area contributed by atoms with E-state index in [4.69, 9.17) is 4.74 Å². The summed E-state index contributed by atoms with van der Waals surface area (Å²) in [7, 11) is 1.71. The van der Waals surface area contributed by atoms with Gasteiger partial charge in [-0.1, -0.05) is 40.5 Å². The average Bonchev–Trinajstić information content (AvgIpc) is 2.94. The van der Waals surface area contributed by atoms with E-state index >= 15 is 0 Å². The van der Waals surface area contributed by atoms with E-state index in [0.29, 0.717) is 18.2 Å². The van der Waals surface area contributed by atoms with Crippen molar-refractivity contribution < 1.29 is 9.53 Å². The largest absolute Gasteiger partial charge is 0.385 e. The highest BCUT2D eigenvalue weighted by atomic mass is 16.5. The van der Waals surface area contributed by atoms with Crippen LogP contribution in [0.25, 0.3) is 0 Å². The first-order chi connectivity index (χ1) is 9.72. The van der Waals surface area contributed by atoms with E-state index in [9.17, 15) is 4.79 Å². The molecule has 3 atom stereocenters. The van der Waals surface area contributed by atoms with Crippen molar-refractivity contribution in [2.24, 2.45) is 5.92 Å². The summed E-state index contributed by atoms with van der Waals surface area (Å²) in [5.74, 6) is 1.21. The van der Waals surface area contributed by atoms with Crippen LogP contribution in [0.2, 0.25) is 0 Å². The molecule has 1 heterocycles. The highest BCUT2D eigenvalue weighted by Gasteiger charge is 2.37. The van der Waals surface area contributed by atoms with Crippen LogP contribution in [0.1, 0.15) is 72.6 Å². The molecule has 1 saturated heterocycles. The Bertz CT molecular complexity index is 227. The highest BCUT2D eigenvalue weighted by molar-refractivity contribution is 5.84. The van der Waals surface area contributed by atoms with Crippen molar-refractivity contribution in [2.45, 2.75) is 84.7 Å². The van der Waals surface area contributed by atoms with Gasteiger partial charge in [0.2, 0.25) is 0 Å². The maximum atomic E-state index is 11.5. The second-order valence-corrected chi connectivity index (χ2v) is 5.42. The van der Waals surface area contributed by atoms with Crippen LogP contribution >= 0.6 is 0 Å². The van der Waals surface area contributed by atoms with E-state index in [1.807, 2.05) is 20.8 Å². The summed E-state index contributed by atoms with van der Waals surface area (Å²) in [6.07, 6.45) is 8.27. The molecule has 0 aromatic carbocycles. The summed E-state index contributed by atoms with van der Waals surface area (Å²) in [6.45, 7) is 8.94. The molecular formula is C17H35NO2.